The first-order valence-electron chi connectivity index (χ1n) is 9.43. The smallest absolute Gasteiger partial charge is 0.226 e. The molecule has 0 bridgehead atoms. The maximum Gasteiger partial charge on any atom is 0.226 e. The van der Waals surface area contributed by atoms with Crippen LogP contribution in [0.4, 0.5) is 0 Å². The number of nitrogens with one attached hydrogen (secondary N) is 1. The van der Waals surface area contributed by atoms with Crippen LogP contribution in [0, 0.1) is 5.92 Å². The molecule has 0 saturated heterocycles. The molecule has 1 aliphatic heterocycles. The van der Waals surface area contributed by atoms with Crippen molar-refractivity contribution in [3.8, 4) is 23.0 Å². The molecule has 0 fully saturated rings. The molecular weight excluding hydrogens is 358 g/mol. The predicted octanol–water partition coefficient (Wildman–Crippen LogP) is 3.01. The van der Waals surface area contributed by atoms with Crippen LogP contribution < -0.4 is 24.3 Å². The van der Waals surface area contributed by atoms with Crippen molar-refractivity contribution < 1.29 is 23.7 Å². The lowest BCUT2D eigenvalue weighted by Crippen LogP contribution is -2.37. The van der Waals surface area contributed by atoms with Crippen LogP contribution in [0.5, 0.6) is 23.0 Å². The number of rotatable bonds is 8. The summed E-state index contributed by atoms with van der Waals surface area (Å²) in [5.41, 5.74) is 2.16. The third-order valence-corrected chi connectivity index (χ3v) is 4.93. The number of aryl methyl sites for hydroxylation is 1. The van der Waals surface area contributed by atoms with Crippen LogP contribution in [-0.4, -0.2) is 40.4 Å². The van der Waals surface area contributed by atoms with Crippen molar-refractivity contribution in [1.82, 2.24) is 5.32 Å². The monoisotopic (exact) mass is 385 g/mol. The van der Waals surface area contributed by atoms with Crippen molar-refractivity contribution in [2.45, 2.75) is 19.3 Å². The number of carbonyl (C=O) groups excluding carboxylic acids is 1. The van der Waals surface area contributed by atoms with Crippen LogP contribution in [0.3, 0.4) is 0 Å². The molecule has 6 nitrogen and oxygen atoms in total. The highest BCUT2D eigenvalue weighted by Crippen LogP contribution is 2.31. The van der Waals surface area contributed by atoms with Gasteiger partial charge in [0.25, 0.3) is 0 Å². The summed E-state index contributed by atoms with van der Waals surface area (Å²) in [5, 5.41) is 3.03. The molecule has 1 heterocycles. The second-order valence-electron chi connectivity index (χ2n) is 6.77. The molecule has 0 aromatic heterocycles. The average Bonchev–Trinajstić information content (AvgIpc) is 2.75. The number of carbonyl (C=O) groups is 1. The van der Waals surface area contributed by atoms with Gasteiger partial charge in [0.05, 0.1) is 27.2 Å². The van der Waals surface area contributed by atoms with E-state index >= 15 is 0 Å². The number of ether oxygens (including phenoxy) is 4. The fourth-order valence-corrected chi connectivity index (χ4v) is 3.35. The molecule has 3 rings (SSSR count). The van der Waals surface area contributed by atoms with Crippen molar-refractivity contribution in [2.24, 2.45) is 5.92 Å². The van der Waals surface area contributed by atoms with Crippen molar-refractivity contribution in [2.75, 3.05) is 34.5 Å². The molecule has 1 N–H and O–H groups in total. The Morgan fingerprint density at radius 2 is 1.89 bits per heavy atom. The van der Waals surface area contributed by atoms with Gasteiger partial charge in [-0.2, -0.15) is 0 Å². The summed E-state index contributed by atoms with van der Waals surface area (Å²) in [6.45, 7) is 1.02. The van der Waals surface area contributed by atoms with Gasteiger partial charge in [-0.05, 0) is 60.7 Å². The summed E-state index contributed by atoms with van der Waals surface area (Å²) in [6, 6.07) is 11.6. The van der Waals surface area contributed by atoms with E-state index in [1.807, 2.05) is 36.4 Å². The van der Waals surface area contributed by atoms with Gasteiger partial charge in [0, 0.05) is 6.54 Å². The number of amides is 1. The topological polar surface area (TPSA) is 66.0 Å². The number of hydrogen-bond acceptors (Lipinski definition) is 5. The van der Waals surface area contributed by atoms with Crippen LogP contribution in [0.25, 0.3) is 0 Å². The Morgan fingerprint density at radius 3 is 2.64 bits per heavy atom. The van der Waals surface area contributed by atoms with E-state index in [1.165, 1.54) is 0 Å². The molecule has 1 amide bonds. The van der Waals surface area contributed by atoms with E-state index in [0.29, 0.717) is 25.3 Å². The SMILES string of the molecule is COc1ccc2c(c1)CC(C(=O)NCCCc1ccc(OC)c(OC)c1)CO2. The minimum atomic E-state index is -0.180. The van der Waals surface area contributed by atoms with Gasteiger partial charge in [0.1, 0.15) is 18.1 Å². The quantitative estimate of drug-likeness (QED) is 0.708. The highest BCUT2D eigenvalue weighted by Gasteiger charge is 2.26. The number of fused-ring (bicyclic) bond motifs is 1. The molecule has 2 aromatic rings. The molecule has 1 atom stereocenters. The zero-order valence-corrected chi connectivity index (χ0v) is 16.6. The highest BCUT2D eigenvalue weighted by molar-refractivity contribution is 5.79. The predicted molar refractivity (Wildman–Crippen MR) is 107 cm³/mol. The van der Waals surface area contributed by atoms with Gasteiger partial charge in [0.2, 0.25) is 5.91 Å². The molecule has 2 aromatic carbocycles. The molecule has 1 unspecified atom stereocenters. The van der Waals surface area contributed by atoms with Gasteiger partial charge < -0.3 is 24.3 Å². The van der Waals surface area contributed by atoms with Gasteiger partial charge in [-0.3, -0.25) is 4.79 Å². The summed E-state index contributed by atoms with van der Waals surface area (Å²) in [7, 11) is 4.88. The summed E-state index contributed by atoms with van der Waals surface area (Å²) in [6.07, 6.45) is 2.36. The fraction of sp³-hybridized carbons (Fsp3) is 0.409. The van der Waals surface area contributed by atoms with Gasteiger partial charge in [-0.15, -0.1) is 0 Å². The van der Waals surface area contributed by atoms with Crippen molar-refractivity contribution in [3.05, 3.63) is 47.5 Å². The lowest BCUT2D eigenvalue weighted by molar-refractivity contribution is -0.126. The average molecular weight is 385 g/mol. The lowest BCUT2D eigenvalue weighted by Gasteiger charge is -2.25. The Kier molecular flexibility index (Phi) is 6.63. The maximum atomic E-state index is 12.5. The molecule has 0 spiro atoms. The molecule has 1 aliphatic rings. The summed E-state index contributed by atoms with van der Waals surface area (Å²) < 4.78 is 21.6. The molecular formula is C22H27NO5. The minimum Gasteiger partial charge on any atom is -0.497 e. The standard InChI is InChI=1S/C22H27NO5/c1-25-18-7-9-19-16(13-18)12-17(14-28-19)22(24)23-10-4-5-15-6-8-20(26-2)21(11-15)27-3/h6-9,11,13,17H,4-5,10,12,14H2,1-3H3,(H,23,24). The van der Waals surface area contributed by atoms with Crippen LogP contribution in [0.1, 0.15) is 17.5 Å². The summed E-state index contributed by atoms with van der Waals surface area (Å²) >= 11 is 0. The van der Waals surface area contributed by atoms with Crippen LogP contribution in [0.15, 0.2) is 36.4 Å². The molecule has 0 radical (unpaired) electrons. The van der Waals surface area contributed by atoms with E-state index in [0.717, 1.165) is 41.2 Å². The molecule has 150 valence electrons. The molecule has 0 saturated carbocycles. The van der Waals surface area contributed by atoms with E-state index in [2.05, 4.69) is 5.32 Å². The first-order valence-corrected chi connectivity index (χ1v) is 9.43. The normalized spacial score (nSPS) is 15.2. The second kappa shape index (κ2) is 9.35. The fourth-order valence-electron chi connectivity index (χ4n) is 3.35. The minimum absolute atomic E-state index is 0.0285. The van der Waals surface area contributed by atoms with Gasteiger partial charge in [-0.25, -0.2) is 0 Å². The Bertz CT molecular complexity index is 821. The zero-order valence-electron chi connectivity index (χ0n) is 16.6. The van der Waals surface area contributed by atoms with E-state index in [4.69, 9.17) is 18.9 Å². The maximum absolute atomic E-state index is 12.5. The molecule has 6 heteroatoms. The first kappa shape index (κ1) is 19.9. The van der Waals surface area contributed by atoms with E-state index < -0.39 is 0 Å². The highest BCUT2D eigenvalue weighted by atomic mass is 16.5. The summed E-state index contributed by atoms with van der Waals surface area (Å²) in [4.78, 5) is 12.5. The van der Waals surface area contributed by atoms with E-state index in [-0.39, 0.29) is 11.8 Å². The Morgan fingerprint density at radius 1 is 1.07 bits per heavy atom. The van der Waals surface area contributed by atoms with Crippen LogP contribution >= 0.6 is 0 Å². The van der Waals surface area contributed by atoms with Crippen molar-refractivity contribution >= 4 is 5.91 Å². The third kappa shape index (κ3) is 4.68. The number of hydrogen-bond donors (Lipinski definition) is 1. The van der Waals surface area contributed by atoms with E-state index in [9.17, 15) is 4.79 Å². The van der Waals surface area contributed by atoms with Crippen molar-refractivity contribution in [3.63, 3.8) is 0 Å². The Balaban J connectivity index is 1.47. The summed E-state index contributed by atoms with van der Waals surface area (Å²) in [5.74, 6) is 2.89. The van der Waals surface area contributed by atoms with Crippen LogP contribution in [-0.2, 0) is 17.6 Å². The lowest BCUT2D eigenvalue weighted by atomic mass is 9.95. The number of methoxy groups -OCH3 is 3. The van der Waals surface area contributed by atoms with Gasteiger partial charge in [-0.1, -0.05) is 6.07 Å². The Labute approximate surface area is 165 Å². The third-order valence-electron chi connectivity index (χ3n) is 4.93. The second-order valence-corrected chi connectivity index (χ2v) is 6.77. The van der Waals surface area contributed by atoms with Crippen molar-refractivity contribution in [1.29, 1.82) is 0 Å². The van der Waals surface area contributed by atoms with E-state index in [1.54, 1.807) is 21.3 Å². The number of benzene rings is 2. The largest absolute Gasteiger partial charge is 0.497 e. The molecule has 28 heavy (non-hydrogen) atoms. The molecule has 0 aliphatic carbocycles. The van der Waals surface area contributed by atoms with Gasteiger partial charge in [0.15, 0.2) is 11.5 Å². The Hall–Kier alpha value is -2.89. The zero-order chi connectivity index (χ0) is 19.9. The first-order chi connectivity index (χ1) is 13.6. The van der Waals surface area contributed by atoms with Gasteiger partial charge >= 0.3 is 0 Å². The van der Waals surface area contributed by atoms with Crippen LogP contribution in [0.2, 0.25) is 0 Å².